The number of hydrogen-bond donors (Lipinski definition) is 0. The van der Waals surface area contributed by atoms with Gasteiger partial charge in [0.05, 0.1) is 0 Å². The summed E-state index contributed by atoms with van der Waals surface area (Å²) in [5.41, 5.74) is 1.24. The molecule has 1 saturated heterocycles. The van der Waals surface area contributed by atoms with E-state index in [2.05, 4.69) is 41.3 Å². The SMILES string of the molecule is CCC(=O)N1CCN(CC=Cc2ccccc2)CC1. The Hall–Kier alpha value is -1.61. The lowest BCUT2D eigenvalue weighted by Gasteiger charge is -2.34. The first-order valence-corrected chi connectivity index (χ1v) is 7.01. The van der Waals surface area contributed by atoms with Crippen molar-refractivity contribution < 1.29 is 4.79 Å². The number of carbonyl (C=O) groups is 1. The second-order valence-corrected chi connectivity index (χ2v) is 4.85. The normalized spacial score (nSPS) is 17.0. The van der Waals surface area contributed by atoms with Gasteiger partial charge in [0.2, 0.25) is 5.91 Å². The van der Waals surface area contributed by atoms with E-state index >= 15 is 0 Å². The average Bonchev–Trinajstić information content (AvgIpc) is 2.48. The number of nitrogens with zero attached hydrogens (tertiary/aromatic N) is 2. The third-order valence-corrected chi connectivity index (χ3v) is 3.50. The molecule has 0 aromatic heterocycles. The van der Waals surface area contributed by atoms with Crippen molar-refractivity contribution in [2.45, 2.75) is 13.3 Å². The molecule has 1 amide bonds. The zero-order chi connectivity index (χ0) is 13.5. The molecule has 102 valence electrons. The van der Waals surface area contributed by atoms with Crippen LogP contribution < -0.4 is 0 Å². The number of rotatable bonds is 4. The number of piperazine rings is 1. The van der Waals surface area contributed by atoms with E-state index in [0.717, 1.165) is 32.7 Å². The first-order valence-electron chi connectivity index (χ1n) is 7.01. The van der Waals surface area contributed by atoms with Gasteiger partial charge in [-0.3, -0.25) is 9.69 Å². The first kappa shape index (κ1) is 13.8. The van der Waals surface area contributed by atoms with E-state index in [1.807, 2.05) is 17.9 Å². The van der Waals surface area contributed by atoms with Crippen molar-refractivity contribution in [1.29, 1.82) is 0 Å². The van der Waals surface area contributed by atoms with Crippen LogP contribution in [0, 0.1) is 0 Å². The Morgan fingerprint density at radius 3 is 2.47 bits per heavy atom. The summed E-state index contributed by atoms with van der Waals surface area (Å²) in [6.45, 7) is 6.58. The van der Waals surface area contributed by atoms with E-state index in [1.165, 1.54) is 5.56 Å². The Morgan fingerprint density at radius 2 is 1.84 bits per heavy atom. The molecule has 1 aromatic rings. The van der Waals surface area contributed by atoms with Crippen molar-refractivity contribution in [3.8, 4) is 0 Å². The highest BCUT2D eigenvalue weighted by atomic mass is 16.2. The van der Waals surface area contributed by atoms with Crippen LogP contribution >= 0.6 is 0 Å². The molecule has 19 heavy (non-hydrogen) atoms. The molecule has 1 aromatic carbocycles. The second kappa shape index (κ2) is 7.10. The molecule has 2 rings (SSSR count). The van der Waals surface area contributed by atoms with Gasteiger partial charge in [-0.2, -0.15) is 0 Å². The minimum absolute atomic E-state index is 0.277. The van der Waals surface area contributed by atoms with Crippen molar-refractivity contribution in [2.24, 2.45) is 0 Å². The van der Waals surface area contributed by atoms with Gasteiger partial charge in [-0.05, 0) is 5.56 Å². The van der Waals surface area contributed by atoms with Crippen LogP contribution in [0.3, 0.4) is 0 Å². The van der Waals surface area contributed by atoms with Gasteiger partial charge in [0.25, 0.3) is 0 Å². The van der Waals surface area contributed by atoms with Crippen molar-refractivity contribution in [3.05, 3.63) is 42.0 Å². The van der Waals surface area contributed by atoms with E-state index in [-0.39, 0.29) is 5.91 Å². The van der Waals surface area contributed by atoms with Gasteiger partial charge in [0.15, 0.2) is 0 Å². The first-order chi connectivity index (χ1) is 9.29. The molecule has 3 heteroatoms. The molecule has 3 nitrogen and oxygen atoms in total. The number of benzene rings is 1. The fourth-order valence-electron chi connectivity index (χ4n) is 2.31. The molecular weight excluding hydrogens is 236 g/mol. The lowest BCUT2D eigenvalue weighted by molar-refractivity contribution is -0.132. The average molecular weight is 258 g/mol. The fourth-order valence-corrected chi connectivity index (χ4v) is 2.31. The molecule has 1 aliphatic heterocycles. The highest BCUT2D eigenvalue weighted by molar-refractivity contribution is 5.75. The predicted molar refractivity (Wildman–Crippen MR) is 78.8 cm³/mol. The van der Waals surface area contributed by atoms with Crippen LogP contribution in [-0.4, -0.2) is 48.4 Å². The quantitative estimate of drug-likeness (QED) is 0.827. The third-order valence-electron chi connectivity index (χ3n) is 3.50. The molecular formula is C16H22N2O. The highest BCUT2D eigenvalue weighted by Gasteiger charge is 2.18. The third kappa shape index (κ3) is 4.21. The Bertz CT molecular complexity index is 420. The van der Waals surface area contributed by atoms with Gasteiger partial charge in [-0.1, -0.05) is 49.4 Å². The van der Waals surface area contributed by atoms with Crippen LogP contribution in [0.1, 0.15) is 18.9 Å². The topological polar surface area (TPSA) is 23.6 Å². The summed E-state index contributed by atoms with van der Waals surface area (Å²) in [5, 5.41) is 0. The largest absolute Gasteiger partial charge is 0.340 e. The number of amides is 1. The molecule has 0 unspecified atom stereocenters. The maximum Gasteiger partial charge on any atom is 0.222 e. The second-order valence-electron chi connectivity index (χ2n) is 4.85. The molecule has 0 spiro atoms. The highest BCUT2D eigenvalue weighted by Crippen LogP contribution is 2.05. The van der Waals surface area contributed by atoms with Crippen LogP contribution in [0.5, 0.6) is 0 Å². The Kier molecular flexibility index (Phi) is 5.16. The van der Waals surface area contributed by atoms with Gasteiger partial charge in [0, 0.05) is 39.1 Å². The summed E-state index contributed by atoms with van der Waals surface area (Å²) in [6, 6.07) is 10.3. The maximum absolute atomic E-state index is 11.6. The summed E-state index contributed by atoms with van der Waals surface area (Å²) in [5.74, 6) is 0.277. The molecule has 1 fully saturated rings. The summed E-state index contributed by atoms with van der Waals surface area (Å²) in [4.78, 5) is 15.9. The van der Waals surface area contributed by atoms with Crippen LogP contribution in [-0.2, 0) is 4.79 Å². The molecule has 0 atom stereocenters. The van der Waals surface area contributed by atoms with Gasteiger partial charge in [-0.15, -0.1) is 0 Å². The van der Waals surface area contributed by atoms with Gasteiger partial charge in [0.1, 0.15) is 0 Å². The minimum Gasteiger partial charge on any atom is -0.340 e. The standard InChI is InChI=1S/C16H22N2O/c1-2-16(19)18-13-11-17(12-14-18)10-6-9-15-7-4-3-5-8-15/h3-9H,2,10-14H2,1H3. The lowest BCUT2D eigenvalue weighted by Crippen LogP contribution is -2.48. The van der Waals surface area contributed by atoms with E-state index < -0.39 is 0 Å². The summed E-state index contributed by atoms with van der Waals surface area (Å²) in [7, 11) is 0. The van der Waals surface area contributed by atoms with Gasteiger partial charge < -0.3 is 4.90 Å². The van der Waals surface area contributed by atoms with Crippen molar-refractivity contribution in [1.82, 2.24) is 9.80 Å². The predicted octanol–water partition coefficient (Wildman–Crippen LogP) is 2.25. The number of hydrogen-bond acceptors (Lipinski definition) is 2. The Morgan fingerprint density at radius 1 is 1.16 bits per heavy atom. The van der Waals surface area contributed by atoms with Crippen molar-refractivity contribution >= 4 is 12.0 Å². The summed E-state index contributed by atoms with van der Waals surface area (Å²) in [6.07, 6.45) is 4.98. The van der Waals surface area contributed by atoms with Crippen LogP contribution in [0.15, 0.2) is 36.4 Å². The molecule has 0 radical (unpaired) electrons. The Balaban J connectivity index is 1.74. The van der Waals surface area contributed by atoms with E-state index in [4.69, 9.17) is 0 Å². The van der Waals surface area contributed by atoms with Crippen LogP contribution in [0.2, 0.25) is 0 Å². The van der Waals surface area contributed by atoms with Crippen molar-refractivity contribution in [2.75, 3.05) is 32.7 Å². The zero-order valence-corrected chi connectivity index (χ0v) is 11.6. The van der Waals surface area contributed by atoms with E-state index in [0.29, 0.717) is 6.42 Å². The maximum atomic E-state index is 11.6. The fraction of sp³-hybridized carbons (Fsp3) is 0.438. The van der Waals surface area contributed by atoms with E-state index in [9.17, 15) is 4.79 Å². The monoisotopic (exact) mass is 258 g/mol. The molecule has 1 aliphatic rings. The summed E-state index contributed by atoms with van der Waals surface area (Å²) >= 11 is 0. The Labute approximate surface area is 115 Å². The lowest BCUT2D eigenvalue weighted by atomic mass is 10.2. The van der Waals surface area contributed by atoms with Gasteiger partial charge in [-0.25, -0.2) is 0 Å². The molecule has 1 heterocycles. The number of carbonyl (C=O) groups excluding carboxylic acids is 1. The van der Waals surface area contributed by atoms with E-state index in [1.54, 1.807) is 0 Å². The smallest absolute Gasteiger partial charge is 0.222 e. The van der Waals surface area contributed by atoms with Gasteiger partial charge >= 0.3 is 0 Å². The summed E-state index contributed by atoms with van der Waals surface area (Å²) < 4.78 is 0. The van der Waals surface area contributed by atoms with Crippen LogP contribution in [0.25, 0.3) is 6.08 Å². The molecule has 0 aliphatic carbocycles. The zero-order valence-electron chi connectivity index (χ0n) is 11.6. The van der Waals surface area contributed by atoms with Crippen molar-refractivity contribution in [3.63, 3.8) is 0 Å². The van der Waals surface area contributed by atoms with Crippen LogP contribution in [0.4, 0.5) is 0 Å². The molecule has 0 saturated carbocycles. The molecule has 0 bridgehead atoms. The minimum atomic E-state index is 0.277. The molecule has 0 N–H and O–H groups in total.